The van der Waals surface area contributed by atoms with Crippen LogP contribution in [-0.4, -0.2) is 87.5 Å². The zero-order chi connectivity index (χ0) is 22.0. The maximum absolute atomic E-state index is 12.3. The Hall–Kier alpha value is -2.77. The summed E-state index contributed by atoms with van der Waals surface area (Å²) in [5.74, 6) is -6.17. The van der Waals surface area contributed by atoms with Gasteiger partial charge in [0, 0.05) is 0 Å². The van der Waals surface area contributed by atoms with Crippen molar-refractivity contribution in [2.45, 2.75) is 44.4 Å². The van der Waals surface area contributed by atoms with Crippen molar-refractivity contribution < 1.29 is 44.4 Å². The van der Waals surface area contributed by atoms with Crippen LogP contribution in [0.5, 0.6) is 0 Å². The third-order valence-corrected chi connectivity index (χ3v) is 3.59. The largest absolute Gasteiger partial charge is 0.481 e. The Bertz CT molecular complexity index is 596. The van der Waals surface area contributed by atoms with E-state index in [-0.39, 0.29) is 0 Å². The maximum atomic E-state index is 12.3. The number of hydrogen-bond donors (Lipinski definition) is 8. The third-order valence-electron chi connectivity index (χ3n) is 3.59. The van der Waals surface area contributed by atoms with E-state index in [1.54, 1.807) is 13.8 Å². The van der Waals surface area contributed by atoms with Gasteiger partial charge in [-0.25, -0.2) is 4.79 Å². The van der Waals surface area contributed by atoms with Gasteiger partial charge in [0.2, 0.25) is 17.7 Å². The normalized spacial score (nSPS) is 15.1. The van der Waals surface area contributed by atoms with Crippen molar-refractivity contribution in [1.82, 2.24) is 16.0 Å². The molecule has 0 aliphatic rings. The highest BCUT2D eigenvalue weighted by molar-refractivity contribution is 5.94. The first kappa shape index (κ1) is 25.2. The lowest BCUT2D eigenvalue weighted by atomic mass is 10.0. The molecule has 0 fully saturated rings. The van der Waals surface area contributed by atoms with Crippen molar-refractivity contribution in [1.29, 1.82) is 0 Å². The first-order chi connectivity index (χ1) is 12.9. The number of rotatable bonds is 12. The van der Waals surface area contributed by atoms with E-state index in [2.05, 4.69) is 16.0 Å². The minimum Gasteiger partial charge on any atom is -0.481 e. The highest BCUT2D eigenvalue weighted by Gasteiger charge is 2.31. The number of carboxylic acids is 2. The number of aliphatic carboxylic acids is 2. The number of aliphatic hydroxyl groups excluding tert-OH is 2. The van der Waals surface area contributed by atoms with E-state index >= 15 is 0 Å². The molecule has 13 nitrogen and oxygen atoms in total. The van der Waals surface area contributed by atoms with Crippen molar-refractivity contribution in [3.63, 3.8) is 0 Å². The third kappa shape index (κ3) is 8.28. The number of aliphatic hydroxyl groups is 2. The molecular weight excluding hydrogens is 380 g/mol. The molecule has 28 heavy (non-hydrogen) atoms. The van der Waals surface area contributed by atoms with Crippen molar-refractivity contribution in [2.75, 3.05) is 13.2 Å². The van der Waals surface area contributed by atoms with Gasteiger partial charge in [0.05, 0.1) is 25.7 Å². The molecule has 4 unspecified atom stereocenters. The van der Waals surface area contributed by atoms with E-state index in [0.29, 0.717) is 0 Å². The lowest BCUT2D eigenvalue weighted by Gasteiger charge is -2.26. The molecule has 0 aromatic rings. The van der Waals surface area contributed by atoms with Crippen LogP contribution in [0.25, 0.3) is 0 Å². The molecule has 0 aromatic heterocycles. The fraction of sp³-hybridized carbons (Fsp3) is 0.667. The van der Waals surface area contributed by atoms with Gasteiger partial charge in [-0.3, -0.25) is 19.2 Å². The predicted molar refractivity (Wildman–Crippen MR) is 92.7 cm³/mol. The molecule has 0 heterocycles. The molecular formula is C15H26N4O9. The molecule has 0 bridgehead atoms. The number of carbonyl (C=O) groups excluding carboxylic acids is 3. The Balaban J connectivity index is 5.09. The molecule has 3 amide bonds. The van der Waals surface area contributed by atoms with Gasteiger partial charge < -0.3 is 42.1 Å². The van der Waals surface area contributed by atoms with Crippen LogP contribution >= 0.6 is 0 Å². The summed E-state index contributed by atoms with van der Waals surface area (Å²) < 4.78 is 0. The van der Waals surface area contributed by atoms with Crippen molar-refractivity contribution in [3.8, 4) is 0 Å². The standard InChI is InChI=1S/C15H26N4O9/c1-6(2)11(14(26)18-9(5-21)15(27)28)19-13(25)8(4-20)17-12(24)7(16)3-10(22)23/h6-9,11,20-21H,3-5,16H2,1-2H3,(H,17,24)(H,18,26)(H,19,25)(H,22,23)(H,27,28). The highest BCUT2D eigenvalue weighted by atomic mass is 16.4. The van der Waals surface area contributed by atoms with E-state index in [1.165, 1.54) is 0 Å². The topological polar surface area (TPSA) is 228 Å². The predicted octanol–water partition coefficient (Wildman–Crippen LogP) is -4.03. The Morgan fingerprint density at radius 1 is 0.821 bits per heavy atom. The van der Waals surface area contributed by atoms with Gasteiger partial charge >= 0.3 is 11.9 Å². The minimum absolute atomic E-state index is 0.513. The fourth-order valence-corrected chi connectivity index (χ4v) is 1.99. The maximum Gasteiger partial charge on any atom is 0.328 e. The average molecular weight is 406 g/mol. The molecule has 0 aliphatic carbocycles. The van der Waals surface area contributed by atoms with Crippen molar-refractivity contribution >= 4 is 29.7 Å². The second-order valence-electron chi connectivity index (χ2n) is 6.26. The van der Waals surface area contributed by atoms with Crippen LogP contribution in [0.2, 0.25) is 0 Å². The van der Waals surface area contributed by atoms with Crippen LogP contribution in [0.1, 0.15) is 20.3 Å². The van der Waals surface area contributed by atoms with Gasteiger partial charge in [-0.2, -0.15) is 0 Å². The Morgan fingerprint density at radius 3 is 1.71 bits per heavy atom. The van der Waals surface area contributed by atoms with E-state index < -0.39 is 79.4 Å². The van der Waals surface area contributed by atoms with Crippen LogP contribution in [0.15, 0.2) is 0 Å². The molecule has 160 valence electrons. The number of nitrogens with two attached hydrogens (primary N) is 1. The average Bonchev–Trinajstić information content (AvgIpc) is 2.60. The summed E-state index contributed by atoms with van der Waals surface area (Å²) in [6.07, 6.45) is -0.694. The van der Waals surface area contributed by atoms with E-state index in [1.807, 2.05) is 0 Å². The minimum atomic E-state index is -1.58. The number of carboxylic acid groups (broad SMARTS) is 2. The molecule has 13 heteroatoms. The van der Waals surface area contributed by atoms with Crippen LogP contribution in [0.4, 0.5) is 0 Å². The Kier molecular flexibility index (Phi) is 10.7. The zero-order valence-corrected chi connectivity index (χ0v) is 15.4. The lowest BCUT2D eigenvalue weighted by Crippen LogP contribution is -2.59. The van der Waals surface area contributed by atoms with Crippen molar-refractivity contribution in [2.24, 2.45) is 11.7 Å². The molecule has 0 aromatic carbocycles. The van der Waals surface area contributed by atoms with Gasteiger partial charge in [0.15, 0.2) is 0 Å². The summed E-state index contributed by atoms with van der Waals surface area (Å²) in [4.78, 5) is 57.8. The van der Waals surface area contributed by atoms with Gasteiger partial charge in [-0.05, 0) is 5.92 Å². The molecule has 0 rings (SSSR count). The summed E-state index contributed by atoms with van der Waals surface area (Å²) in [5, 5.41) is 42.1. The number of carbonyl (C=O) groups is 5. The van der Waals surface area contributed by atoms with Gasteiger partial charge in [-0.15, -0.1) is 0 Å². The summed E-state index contributed by atoms with van der Waals surface area (Å²) in [6, 6.07) is -5.79. The number of hydrogen-bond acceptors (Lipinski definition) is 8. The molecule has 0 aliphatic heterocycles. The summed E-state index contributed by atoms with van der Waals surface area (Å²) >= 11 is 0. The van der Waals surface area contributed by atoms with E-state index in [0.717, 1.165) is 0 Å². The quantitative estimate of drug-likeness (QED) is 0.156. The Morgan fingerprint density at radius 2 is 1.32 bits per heavy atom. The summed E-state index contributed by atoms with van der Waals surface area (Å²) in [6.45, 7) is 1.37. The number of amides is 3. The van der Waals surface area contributed by atoms with Gasteiger partial charge in [-0.1, -0.05) is 13.8 Å². The molecule has 0 saturated carbocycles. The number of nitrogens with one attached hydrogen (secondary N) is 3. The van der Waals surface area contributed by atoms with E-state index in [9.17, 15) is 29.1 Å². The van der Waals surface area contributed by atoms with E-state index in [4.69, 9.17) is 21.1 Å². The monoisotopic (exact) mass is 406 g/mol. The van der Waals surface area contributed by atoms with Crippen molar-refractivity contribution in [3.05, 3.63) is 0 Å². The first-order valence-corrected chi connectivity index (χ1v) is 8.27. The molecule has 0 radical (unpaired) electrons. The molecule has 4 atom stereocenters. The van der Waals surface area contributed by atoms with Gasteiger partial charge in [0.25, 0.3) is 0 Å². The van der Waals surface area contributed by atoms with Gasteiger partial charge in [0.1, 0.15) is 18.1 Å². The van der Waals surface area contributed by atoms with Crippen LogP contribution in [0, 0.1) is 5.92 Å². The molecule has 0 saturated heterocycles. The van der Waals surface area contributed by atoms with Crippen LogP contribution in [-0.2, 0) is 24.0 Å². The molecule has 0 spiro atoms. The smallest absolute Gasteiger partial charge is 0.328 e. The lowest BCUT2D eigenvalue weighted by molar-refractivity contribution is -0.143. The van der Waals surface area contributed by atoms with Crippen LogP contribution < -0.4 is 21.7 Å². The Labute approximate surface area is 160 Å². The highest BCUT2D eigenvalue weighted by Crippen LogP contribution is 2.04. The second-order valence-corrected chi connectivity index (χ2v) is 6.26. The first-order valence-electron chi connectivity index (χ1n) is 8.27. The fourth-order valence-electron chi connectivity index (χ4n) is 1.99. The SMILES string of the molecule is CC(C)C(NC(=O)C(CO)NC(=O)C(N)CC(=O)O)C(=O)NC(CO)C(=O)O. The second kappa shape index (κ2) is 11.8. The zero-order valence-electron chi connectivity index (χ0n) is 15.4. The van der Waals surface area contributed by atoms with Crippen LogP contribution in [0.3, 0.4) is 0 Å². The molecule has 9 N–H and O–H groups in total. The summed E-state index contributed by atoms with van der Waals surface area (Å²) in [7, 11) is 0. The summed E-state index contributed by atoms with van der Waals surface area (Å²) in [5.41, 5.74) is 5.37.